The minimum absolute atomic E-state index is 0.268. The van der Waals surface area contributed by atoms with Crippen molar-refractivity contribution in [2.45, 2.75) is 52.0 Å². The van der Waals surface area contributed by atoms with Gasteiger partial charge >= 0.3 is 0 Å². The predicted octanol–water partition coefficient (Wildman–Crippen LogP) is 3.60. The zero-order valence-electron chi connectivity index (χ0n) is 11.1. The average molecular weight is 235 g/mol. The highest BCUT2D eigenvalue weighted by Gasteiger charge is 2.02. The van der Waals surface area contributed by atoms with Gasteiger partial charge in [0.15, 0.2) is 0 Å². The van der Waals surface area contributed by atoms with Crippen LogP contribution in [0.5, 0.6) is 0 Å². The Morgan fingerprint density at radius 3 is 2.82 bits per heavy atom. The Bertz CT molecular complexity index is 312. The summed E-state index contributed by atoms with van der Waals surface area (Å²) in [4.78, 5) is 0. The van der Waals surface area contributed by atoms with Crippen LogP contribution in [0.1, 0.15) is 45.1 Å². The molecule has 0 spiro atoms. The monoisotopic (exact) mass is 235 g/mol. The molecule has 0 fully saturated rings. The molecule has 2 heteroatoms. The lowest BCUT2D eigenvalue weighted by atomic mass is 10.1. The van der Waals surface area contributed by atoms with E-state index in [2.05, 4.69) is 43.4 Å². The fourth-order valence-electron chi connectivity index (χ4n) is 1.97. The van der Waals surface area contributed by atoms with Gasteiger partial charge in [0.25, 0.3) is 0 Å². The molecule has 0 aliphatic carbocycles. The van der Waals surface area contributed by atoms with Gasteiger partial charge in [0.2, 0.25) is 0 Å². The summed E-state index contributed by atoms with van der Waals surface area (Å²) in [6.07, 6.45) is 5.54. The smallest absolute Gasteiger partial charge is 0.0434 e. The Hall–Kier alpha value is -1.02. The van der Waals surface area contributed by atoms with Gasteiger partial charge in [-0.2, -0.15) is 0 Å². The lowest BCUT2D eigenvalue weighted by Gasteiger charge is -2.15. The molecule has 0 radical (unpaired) electrons. The van der Waals surface area contributed by atoms with E-state index in [1.54, 1.807) is 0 Å². The molecule has 0 amide bonds. The van der Waals surface area contributed by atoms with Crippen molar-refractivity contribution in [3.05, 3.63) is 29.8 Å². The van der Waals surface area contributed by atoms with Crippen molar-refractivity contribution in [2.75, 3.05) is 11.9 Å². The first kappa shape index (κ1) is 14.0. The summed E-state index contributed by atoms with van der Waals surface area (Å²) in [5.41, 5.74) is 2.50. The summed E-state index contributed by atoms with van der Waals surface area (Å²) >= 11 is 0. The van der Waals surface area contributed by atoms with Crippen molar-refractivity contribution >= 4 is 5.69 Å². The topological polar surface area (TPSA) is 32.3 Å². The van der Waals surface area contributed by atoms with Gasteiger partial charge in [-0.15, -0.1) is 0 Å². The number of aliphatic hydroxyl groups is 1. The molecule has 1 atom stereocenters. The van der Waals surface area contributed by atoms with Crippen LogP contribution < -0.4 is 5.32 Å². The molecule has 0 saturated carbocycles. The Labute approximate surface area is 105 Å². The maximum atomic E-state index is 8.82. The van der Waals surface area contributed by atoms with E-state index in [9.17, 15) is 0 Å². The minimum atomic E-state index is 0.268. The first-order chi connectivity index (χ1) is 8.26. The van der Waals surface area contributed by atoms with Gasteiger partial charge in [0.05, 0.1) is 0 Å². The van der Waals surface area contributed by atoms with Gasteiger partial charge < -0.3 is 10.4 Å². The van der Waals surface area contributed by atoms with Gasteiger partial charge in [-0.1, -0.05) is 31.9 Å². The van der Waals surface area contributed by atoms with Crippen LogP contribution in [0.4, 0.5) is 5.69 Å². The molecular formula is C15H25NO. The molecule has 0 saturated heterocycles. The number of unbranched alkanes of at least 4 members (excludes halogenated alkanes) is 1. The molecule has 17 heavy (non-hydrogen) atoms. The van der Waals surface area contributed by atoms with E-state index in [1.165, 1.54) is 30.5 Å². The SMILES string of the molecule is CCCCC(C)Nc1cccc(CCCO)c1. The summed E-state index contributed by atoms with van der Waals surface area (Å²) in [6.45, 7) is 4.73. The quantitative estimate of drug-likeness (QED) is 0.721. The fourth-order valence-corrected chi connectivity index (χ4v) is 1.97. The van der Waals surface area contributed by atoms with Crippen molar-refractivity contribution in [2.24, 2.45) is 0 Å². The van der Waals surface area contributed by atoms with Crippen LogP contribution in [0.2, 0.25) is 0 Å². The maximum Gasteiger partial charge on any atom is 0.0434 e. The van der Waals surface area contributed by atoms with Crippen LogP contribution in [0.3, 0.4) is 0 Å². The molecule has 2 nitrogen and oxygen atoms in total. The fraction of sp³-hybridized carbons (Fsp3) is 0.600. The Kier molecular flexibility index (Phi) is 6.71. The Morgan fingerprint density at radius 2 is 2.12 bits per heavy atom. The molecule has 1 aromatic rings. The molecule has 2 N–H and O–H groups in total. The minimum Gasteiger partial charge on any atom is -0.396 e. The third-order valence-corrected chi connectivity index (χ3v) is 2.95. The van der Waals surface area contributed by atoms with Crippen LogP contribution in [0.25, 0.3) is 0 Å². The number of hydrogen-bond donors (Lipinski definition) is 2. The normalized spacial score (nSPS) is 12.4. The van der Waals surface area contributed by atoms with Gasteiger partial charge in [0.1, 0.15) is 0 Å². The van der Waals surface area contributed by atoms with Crippen LogP contribution in [0.15, 0.2) is 24.3 Å². The molecule has 96 valence electrons. The van der Waals surface area contributed by atoms with Crippen molar-refractivity contribution in [1.82, 2.24) is 0 Å². The van der Waals surface area contributed by atoms with E-state index in [1.807, 2.05) is 0 Å². The largest absolute Gasteiger partial charge is 0.396 e. The van der Waals surface area contributed by atoms with Crippen molar-refractivity contribution in [3.8, 4) is 0 Å². The van der Waals surface area contributed by atoms with E-state index in [0.717, 1.165) is 12.8 Å². The van der Waals surface area contributed by atoms with E-state index in [0.29, 0.717) is 6.04 Å². The molecule has 0 aliphatic heterocycles. The zero-order chi connectivity index (χ0) is 12.5. The molecule has 0 heterocycles. The molecule has 1 unspecified atom stereocenters. The number of rotatable bonds is 8. The number of nitrogens with one attached hydrogen (secondary N) is 1. The van der Waals surface area contributed by atoms with E-state index in [4.69, 9.17) is 5.11 Å². The number of benzene rings is 1. The Balaban J connectivity index is 2.47. The van der Waals surface area contributed by atoms with E-state index >= 15 is 0 Å². The maximum absolute atomic E-state index is 8.82. The summed E-state index contributed by atoms with van der Waals surface area (Å²) in [5, 5.41) is 12.4. The first-order valence-electron chi connectivity index (χ1n) is 6.72. The number of aryl methyl sites for hydroxylation is 1. The molecule has 0 aliphatic rings. The van der Waals surface area contributed by atoms with Crippen molar-refractivity contribution in [3.63, 3.8) is 0 Å². The van der Waals surface area contributed by atoms with E-state index in [-0.39, 0.29) is 6.61 Å². The molecule has 0 bridgehead atoms. The Morgan fingerprint density at radius 1 is 1.29 bits per heavy atom. The second-order valence-electron chi connectivity index (χ2n) is 4.72. The lowest BCUT2D eigenvalue weighted by molar-refractivity contribution is 0.288. The highest BCUT2D eigenvalue weighted by molar-refractivity contribution is 5.46. The summed E-state index contributed by atoms with van der Waals surface area (Å²) in [5.74, 6) is 0. The molecule has 1 rings (SSSR count). The summed E-state index contributed by atoms with van der Waals surface area (Å²) in [7, 11) is 0. The molecule has 0 aromatic heterocycles. The van der Waals surface area contributed by atoms with Crippen LogP contribution in [-0.4, -0.2) is 17.8 Å². The third kappa shape index (κ3) is 5.73. The second-order valence-corrected chi connectivity index (χ2v) is 4.72. The molecule has 1 aromatic carbocycles. The first-order valence-corrected chi connectivity index (χ1v) is 6.72. The number of anilines is 1. The summed E-state index contributed by atoms with van der Waals surface area (Å²) in [6, 6.07) is 9.05. The van der Waals surface area contributed by atoms with Crippen molar-refractivity contribution < 1.29 is 5.11 Å². The van der Waals surface area contributed by atoms with Gasteiger partial charge in [0, 0.05) is 18.3 Å². The van der Waals surface area contributed by atoms with Gasteiger partial charge in [-0.05, 0) is 43.9 Å². The van der Waals surface area contributed by atoms with Crippen molar-refractivity contribution in [1.29, 1.82) is 0 Å². The van der Waals surface area contributed by atoms with Crippen LogP contribution in [0, 0.1) is 0 Å². The lowest BCUT2D eigenvalue weighted by Crippen LogP contribution is -2.14. The van der Waals surface area contributed by atoms with Gasteiger partial charge in [-0.25, -0.2) is 0 Å². The highest BCUT2D eigenvalue weighted by atomic mass is 16.2. The predicted molar refractivity (Wildman–Crippen MR) is 74.5 cm³/mol. The highest BCUT2D eigenvalue weighted by Crippen LogP contribution is 2.14. The van der Waals surface area contributed by atoms with Crippen LogP contribution >= 0.6 is 0 Å². The number of aliphatic hydroxyl groups excluding tert-OH is 1. The van der Waals surface area contributed by atoms with E-state index < -0.39 is 0 Å². The van der Waals surface area contributed by atoms with Gasteiger partial charge in [-0.3, -0.25) is 0 Å². The average Bonchev–Trinajstić information content (AvgIpc) is 2.34. The zero-order valence-corrected chi connectivity index (χ0v) is 11.1. The standard InChI is InChI=1S/C15H25NO/c1-3-4-7-13(2)16-15-10-5-8-14(12-15)9-6-11-17/h5,8,10,12-13,16-17H,3-4,6-7,9,11H2,1-2H3. The second kappa shape index (κ2) is 8.13. The summed E-state index contributed by atoms with van der Waals surface area (Å²) < 4.78 is 0. The third-order valence-electron chi connectivity index (χ3n) is 2.95. The number of hydrogen-bond acceptors (Lipinski definition) is 2. The van der Waals surface area contributed by atoms with Crippen LogP contribution in [-0.2, 0) is 6.42 Å². The molecular weight excluding hydrogens is 210 g/mol.